The third-order valence-electron chi connectivity index (χ3n) is 3.73. The average molecular weight is 285 g/mol. The molecule has 1 fully saturated rings. The Bertz CT molecular complexity index is 334. The number of aliphatic carboxylic acids is 1. The van der Waals surface area contributed by atoms with Gasteiger partial charge in [-0.3, -0.25) is 4.79 Å². The van der Waals surface area contributed by atoms with Crippen molar-refractivity contribution in [3.05, 3.63) is 0 Å². The van der Waals surface area contributed by atoms with Gasteiger partial charge in [0.2, 0.25) is 0 Å². The summed E-state index contributed by atoms with van der Waals surface area (Å²) in [5.74, 6) is -1.20. The number of hydrogen-bond acceptors (Lipinski definition) is 3. The molecular formula is C14H27N3O3. The van der Waals surface area contributed by atoms with Gasteiger partial charge in [0.1, 0.15) is 0 Å². The second kappa shape index (κ2) is 8.09. The fraction of sp³-hybridized carbons (Fsp3) is 0.857. The van der Waals surface area contributed by atoms with E-state index in [2.05, 4.69) is 4.90 Å². The Labute approximate surface area is 121 Å². The van der Waals surface area contributed by atoms with Gasteiger partial charge in [-0.2, -0.15) is 0 Å². The van der Waals surface area contributed by atoms with E-state index in [1.54, 1.807) is 4.90 Å². The van der Waals surface area contributed by atoms with E-state index >= 15 is 0 Å². The van der Waals surface area contributed by atoms with Crippen LogP contribution in [0, 0.1) is 5.92 Å². The summed E-state index contributed by atoms with van der Waals surface area (Å²) in [6.07, 6.45) is 2.38. The summed E-state index contributed by atoms with van der Waals surface area (Å²) < 4.78 is 0. The lowest BCUT2D eigenvalue weighted by Gasteiger charge is -2.35. The molecule has 1 atom stereocenters. The minimum atomic E-state index is -0.793. The molecule has 0 saturated carbocycles. The normalized spacial score (nSPS) is 19.2. The third-order valence-corrected chi connectivity index (χ3v) is 3.73. The standard InChI is InChI=1S/C14H27N3O3/c1-4-16(10-6-8-15(2)3)14(20)17-9-5-7-12(11-17)13(18)19/h12H,4-11H2,1-3H3,(H,18,19)/t12-/m0/s1. The number of urea groups is 1. The number of piperidine rings is 1. The molecule has 20 heavy (non-hydrogen) atoms. The van der Waals surface area contributed by atoms with Gasteiger partial charge >= 0.3 is 12.0 Å². The fourth-order valence-electron chi connectivity index (χ4n) is 2.52. The largest absolute Gasteiger partial charge is 0.481 e. The zero-order valence-corrected chi connectivity index (χ0v) is 12.8. The molecule has 0 aromatic carbocycles. The number of amides is 2. The number of carbonyl (C=O) groups is 2. The summed E-state index contributed by atoms with van der Waals surface area (Å²) in [4.78, 5) is 29.1. The number of carboxylic acids is 1. The van der Waals surface area contributed by atoms with E-state index in [4.69, 9.17) is 5.11 Å². The van der Waals surface area contributed by atoms with E-state index in [9.17, 15) is 9.59 Å². The number of rotatable bonds is 6. The van der Waals surface area contributed by atoms with Crippen LogP contribution < -0.4 is 0 Å². The molecule has 2 amide bonds. The quantitative estimate of drug-likeness (QED) is 0.796. The zero-order chi connectivity index (χ0) is 15.1. The summed E-state index contributed by atoms with van der Waals surface area (Å²) in [5.41, 5.74) is 0. The van der Waals surface area contributed by atoms with Crippen molar-refractivity contribution in [1.82, 2.24) is 14.7 Å². The van der Waals surface area contributed by atoms with Crippen molar-refractivity contribution < 1.29 is 14.7 Å². The van der Waals surface area contributed by atoms with Crippen molar-refractivity contribution >= 4 is 12.0 Å². The van der Waals surface area contributed by atoms with Gasteiger partial charge in [0.05, 0.1) is 5.92 Å². The summed E-state index contributed by atoms with van der Waals surface area (Å²) in [6, 6.07) is -0.0165. The Morgan fingerprint density at radius 1 is 1.30 bits per heavy atom. The molecule has 1 N–H and O–H groups in total. The maximum atomic E-state index is 12.4. The maximum Gasteiger partial charge on any atom is 0.320 e. The van der Waals surface area contributed by atoms with Crippen LogP contribution in [-0.2, 0) is 4.79 Å². The molecule has 1 aliphatic heterocycles. The molecule has 0 aromatic heterocycles. The number of carbonyl (C=O) groups excluding carboxylic acids is 1. The van der Waals surface area contributed by atoms with Crippen LogP contribution in [0.5, 0.6) is 0 Å². The zero-order valence-electron chi connectivity index (χ0n) is 12.8. The summed E-state index contributed by atoms with van der Waals surface area (Å²) >= 11 is 0. The van der Waals surface area contributed by atoms with Gasteiger partial charge < -0.3 is 19.8 Å². The lowest BCUT2D eigenvalue weighted by Crippen LogP contribution is -2.49. The number of nitrogens with zero attached hydrogens (tertiary/aromatic N) is 3. The molecule has 0 bridgehead atoms. The topological polar surface area (TPSA) is 64.1 Å². The lowest BCUT2D eigenvalue weighted by atomic mass is 9.98. The van der Waals surface area contributed by atoms with Crippen LogP contribution in [0.1, 0.15) is 26.2 Å². The van der Waals surface area contributed by atoms with Gasteiger partial charge in [-0.05, 0) is 46.8 Å². The summed E-state index contributed by atoms with van der Waals surface area (Å²) in [5, 5.41) is 9.08. The van der Waals surface area contributed by atoms with Crippen molar-refractivity contribution in [2.75, 3.05) is 46.8 Å². The van der Waals surface area contributed by atoms with Gasteiger partial charge in [0.15, 0.2) is 0 Å². The highest BCUT2D eigenvalue weighted by atomic mass is 16.4. The minimum Gasteiger partial charge on any atom is -0.481 e. The second-order valence-electron chi connectivity index (χ2n) is 5.64. The van der Waals surface area contributed by atoms with Gasteiger partial charge in [-0.1, -0.05) is 0 Å². The van der Waals surface area contributed by atoms with Gasteiger partial charge in [0, 0.05) is 26.2 Å². The van der Waals surface area contributed by atoms with Crippen LogP contribution in [0.15, 0.2) is 0 Å². The predicted molar refractivity (Wildman–Crippen MR) is 77.7 cm³/mol. The molecule has 6 nitrogen and oxygen atoms in total. The van der Waals surface area contributed by atoms with Crippen LogP contribution in [0.25, 0.3) is 0 Å². The van der Waals surface area contributed by atoms with Gasteiger partial charge in [-0.15, -0.1) is 0 Å². The molecule has 1 heterocycles. The second-order valence-corrected chi connectivity index (χ2v) is 5.64. The van der Waals surface area contributed by atoms with E-state index in [0.29, 0.717) is 26.1 Å². The SMILES string of the molecule is CCN(CCCN(C)C)C(=O)N1CCC[C@H](C(=O)O)C1. The highest BCUT2D eigenvalue weighted by molar-refractivity contribution is 5.76. The van der Waals surface area contributed by atoms with Crippen LogP contribution in [0.2, 0.25) is 0 Å². The van der Waals surface area contributed by atoms with E-state index in [1.165, 1.54) is 0 Å². The first-order valence-corrected chi connectivity index (χ1v) is 7.37. The van der Waals surface area contributed by atoms with Gasteiger partial charge in [-0.25, -0.2) is 4.79 Å². The first-order chi connectivity index (χ1) is 9.45. The van der Waals surface area contributed by atoms with Crippen LogP contribution in [-0.4, -0.2) is 78.6 Å². The average Bonchev–Trinajstić information content (AvgIpc) is 2.42. The van der Waals surface area contributed by atoms with E-state index in [-0.39, 0.29) is 6.03 Å². The fourth-order valence-corrected chi connectivity index (χ4v) is 2.52. The minimum absolute atomic E-state index is 0.0165. The third kappa shape index (κ3) is 5.00. The van der Waals surface area contributed by atoms with Crippen molar-refractivity contribution in [1.29, 1.82) is 0 Å². The van der Waals surface area contributed by atoms with Crippen molar-refractivity contribution in [2.24, 2.45) is 5.92 Å². The Morgan fingerprint density at radius 2 is 2.00 bits per heavy atom. The van der Waals surface area contributed by atoms with E-state index in [0.717, 1.165) is 25.9 Å². The molecule has 0 radical (unpaired) electrons. The molecule has 0 spiro atoms. The Balaban J connectivity index is 2.50. The number of hydrogen-bond donors (Lipinski definition) is 1. The Kier molecular flexibility index (Phi) is 6.78. The highest BCUT2D eigenvalue weighted by Gasteiger charge is 2.29. The molecule has 0 unspecified atom stereocenters. The molecular weight excluding hydrogens is 258 g/mol. The molecule has 1 rings (SSSR count). The summed E-state index contributed by atoms with van der Waals surface area (Å²) in [7, 11) is 4.03. The van der Waals surface area contributed by atoms with Crippen molar-refractivity contribution in [2.45, 2.75) is 26.2 Å². The molecule has 0 aromatic rings. The first-order valence-electron chi connectivity index (χ1n) is 7.37. The van der Waals surface area contributed by atoms with E-state index < -0.39 is 11.9 Å². The van der Waals surface area contributed by atoms with Crippen LogP contribution in [0.4, 0.5) is 4.79 Å². The van der Waals surface area contributed by atoms with Crippen LogP contribution in [0.3, 0.4) is 0 Å². The molecule has 1 saturated heterocycles. The van der Waals surface area contributed by atoms with E-state index in [1.807, 2.05) is 25.9 Å². The Morgan fingerprint density at radius 3 is 2.55 bits per heavy atom. The van der Waals surface area contributed by atoms with Gasteiger partial charge in [0.25, 0.3) is 0 Å². The smallest absolute Gasteiger partial charge is 0.320 e. The maximum absolute atomic E-state index is 12.4. The summed E-state index contributed by atoms with van der Waals surface area (Å²) in [6.45, 7) is 5.32. The Hall–Kier alpha value is -1.30. The lowest BCUT2D eigenvalue weighted by molar-refractivity contribution is -0.143. The molecule has 0 aliphatic carbocycles. The molecule has 6 heteroatoms. The monoisotopic (exact) mass is 285 g/mol. The first kappa shape index (κ1) is 16.8. The molecule has 1 aliphatic rings. The number of likely N-dealkylation sites (tertiary alicyclic amines) is 1. The van der Waals surface area contributed by atoms with Crippen LogP contribution >= 0.6 is 0 Å². The highest BCUT2D eigenvalue weighted by Crippen LogP contribution is 2.18. The molecule has 116 valence electrons. The van der Waals surface area contributed by atoms with Crippen molar-refractivity contribution in [3.63, 3.8) is 0 Å². The van der Waals surface area contributed by atoms with Crippen molar-refractivity contribution in [3.8, 4) is 0 Å². The number of carboxylic acid groups (broad SMARTS) is 1. The predicted octanol–water partition coefficient (Wildman–Crippen LogP) is 1.18.